The topological polar surface area (TPSA) is 103 Å². The van der Waals surface area contributed by atoms with Crippen LogP contribution in [-0.4, -0.2) is 71.8 Å². The highest BCUT2D eigenvalue weighted by molar-refractivity contribution is 6.40. The van der Waals surface area contributed by atoms with Gasteiger partial charge in [0.25, 0.3) is 5.91 Å². The van der Waals surface area contributed by atoms with Crippen LogP contribution in [0.15, 0.2) is 48.7 Å². The second kappa shape index (κ2) is 11.7. The van der Waals surface area contributed by atoms with Crippen LogP contribution in [0.2, 0.25) is 10.0 Å². The van der Waals surface area contributed by atoms with Gasteiger partial charge in [-0.1, -0.05) is 29.3 Å². The lowest BCUT2D eigenvalue weighted by Crippen LogP contribution is -2.44. The second-order valence-electron chi connectivity index (χ2n) is 8.59. The summed E-state index contributed by atoms with van der Waals surface area (Å²) in [4.78, 5) is 26.3. The van der Waals surface area contributed by atoms with E-state index in [4.69, 9.17) is 27.9 Å². The summed E-state index contributed by atoms with van der Waals surface area (Å²) in [6, 6.07) is 12.9. The number of ether oxygens (including phenoxy) is 1. The number of carbonyl (C=O) groups excluding carboxylic acids is 1. The Bertz CT molecular complexity index is 1180. The Morgan fingerprint density at radius 1 is 1.11 bits per heavy atom. The van der Waals surface area contributed by atoms with E-state index in [1.807, 2.05) is 24.3 Å². The number of benzene rings is 2. The van der Waals surface area contributed by atoms with Crippen molar-refractivity contribution in [3.8, 4) is 5.88 Å². The summed E-state index contributed by atoms with van der Waals surface area (Å²) in [7, 11) is 2.13. The predicted molar refractivity (Wildman–Crippen MR) is 143 cm³/mol. The number of rotatable bonds is 8. The number of halogens is 2. The zero-order valence-electron chi connectivity index (χ0n) is 20.0. The van der Waals surface area contributed by atoms with Gasteiger partial charge in [-0.05, 0) is 50.4 Å². The first-order valence-electron chi connectivity index (χ1n) is 11.5. The second-order valence-corrected chi connectivity index (χ2v) is 9.40. The third kappa shape index (κ3) is 6.55. The minimum atomic E-state index is -0.757. The maximum Gasteiger partial charge on any atom is 0.262 e. The molecular weight excluding hydrogens is 503 g/mol. The van der Waals surface area contributed by atoms with Crippen molar-refractivity contribution in [3.63, 3.8) is 0 Å². The Kier molecular flexibility index (Phi) is 8.48. The number of aliphatic hydroxyl groups excluding tert-OH is 1. The number of nitrogens with one attached hydrogen (secondary N) is 2. The molecule has 0 bridgehead atoms. The maximum absolute atomic E-state index is 13.0. The predicted octanol–water partition coefficient (Wildman–Crippen LogP) is 4.29. The smallest absolute Gasteiger partial charge is 0.262 e. The number of hydrogen-bond donors (Lipinski definition) is 3. The van der Waals surface area contributed by atoms with Crippen molar-refractivity contribution in [1.29, 1.82) is 0 Å². The number of nitrogens with zero attached hydrogens (tertiary/aromatic N) is 4. The van der Waals surface area contributed by atoms with Gasteiger partial charge in [-0.2, -0.15) is 4.98 Å². The van der Waals surface area contributed by atoms with E-state index in [9.17, 15) is 9.90 Å². The lowest BCUT2D eigenvalue weighted by Gasteiger charge is -2.34. The van der Waals surface area contributed by atoms with Gasteiger partial charge in [-0.3, -0.25) is 4.79 Å². The molecule has 36 heavy (non-hydrogen) atoms. The minimum absolute atomic E-state index is 0.0168. The van der Waals surface area contributed by atoms with Crippen molar-refractivity contribution in [2.24, 2.45) is 0 Å². The fourth-order valence-electron chi connectivity index (χ4n) is 3.64. The Balaban J connectivity index is 1.51. The summed E-state index contributed by atoms with van der Waals surface area (Å²) in [5, 5.41) is 16.1. The quantitative estimate of drug-likeness (QED) is 0.396. The molecule has 1 saturated heterocycles. The van der Waals surface area contributed by atoms with Gasteiger partial charge in [0, 0.05) is 43.8 Å². The van der Waals surface area contributed by atoms with Crippen LogP contribution in [0.5, 0.6) is 5.88 Å². The molecule has 1 atom stereocenters. The molecule has 9 nitrogen and oxygen atoms in total. The van der Waals surface area contributed by atoms with Gasteiger partial charge in [0.05, 0.1) is 21.8 Å². The van der Waals surface area contributed by atoms with E-state index in [1.54, 1.807) is 25.1 Å². The summed E-state index contributed by atoms with van der Waals surface area (Å²) >= 11 is 12.4. The SMILES string of the molecule is CC(O)COc1nc(Nc2ccc(N3CCN(C)CC3)cc2)ncc1C(=O)Nc1c(Cl)cccc1Cl. The number of piperazine rings is 1. The number of aromatic nitrogens is 2. The first-order chi connectivity index (χ1) is 17.3. The number of likely N-dealkylation sites (N-methyl/N-ethyl adjacent to an activating group) is 1. The summed E-state index contributed by atoms with van der Waals surface area (Å²) in [6.07, 6.45) is 0.596. The fourth-order valence-corrected chi connectivity index (χ4v) is 4.13. The van der Waals surface area contributed by atoms with Gasteiger partial charge < -0.3 is 30.3 Å². The average molecular weight is 531 g/mol. The molecule has 1 aliphatic heterocycles. The normalized spacial score (nSPS) is 14.9. The third-order valence-corrected chi connectivity index (χ3v) is 6.28. The van der Waals surface area contributed by atoms with Crippen LogP contribution in [0.4, 0.5) is 23.0 Å². The van der Waals surface area contributed by atoms with Crippen LogP contribution in [0, 0.1) is 0 Å². The lowest BCUT2D eigenvalue weighted by molar-refractivity contribution is 0.0999. The monoisotopic (exact) mass is 530 g/mol. The van der Waals surface area contributed by atoms with Crippen molar-refractivity contribution < 1.29 is 14.6 Å². The third-order valence-electron chi connectivity index (χ3n) is 5.65. The molecule has 0 aliphatic carbocycles. The van der Waals surface area contributed by atoms with Crippen LogP contribution < -0.4 is 20.3 Å². The summed E-state index contributed by atoms with van der Waals surface area (Å²) < 4.78 is 5.62. The number of carbonyl (C=O) groups is 1. The van der Waals surface area contributed by atoms with Gasteiger partial charge in [0.2, 0.25) is 11.8 Å². The van der Waals surface area contributed by atoms with Crippen molar-refractivity contribution in [2.75, 3.05) is 55.4 Å². The fraction of sp³-hybridized carbons (Fsp3) is 0.320. The number of aliphatic hydroxyl groups is 1. The first kappa shape index (κ1) is 26.0. The van der Waals surface area contributed by atoms with Crippen molar-refractivity contribution in [1.82, 2.24) is 14.9 Å². The Hall–Kier alpha value is -3.11. The van der Waals surface area contributed by atoms with Crippen LogP contribution in [0.3, 0.4) is 0 Å². The number of anilines is 4. The zero-order valence-corrected chi connectivity index (χ0v) is 21.6. The molecule has 1 aromatic heterocycles. The van der Waals surface area contributed by atoms with E-state index in [2.05, 4.69) is 37.4 Å². The van der Waals surface area contributed by atoms with Gasteiger partial charge in [-0.25, -0.2) is 4.98 Å². The molecule has 0 saturated carbocycles. The van der Waals surface area contributed by atoms with Crippen LogP contribution in [0.1, 0.15) is 17.3 Å². The standard InChI is InChI=1S/C25H28Cl2N6O3/c1-16(34)15-36-24-19(23(35)30-22-20(26)4-3-5-21(22)27)14-28-25(31-24)29-17-6-8-18(9-7-17)33-12-10-32(2)11-13-33/h3-9,14,16,34H,10-13,15H2,1-2H3,(H,30,35)(H,28,29,31). The van der Waals surface area contributed by atoms with Crippen molar-refractivity contribution in [2.45, 2.75) is 13.0 Å². The highest BCUT2D eigenvalue weighted by Crippen LogP contribution is 2.31. The molecule has 11 heteroatoms. The van der Waals surface area contributed by atoms with Gasteiger partial charge in [0.15, 0.2) is 0 Å². The molecule has 0 spiro atoms. The lowest BCUT2D eigenvalue weighted by atomic mass is 10.2. The highest BCUT2D eigenvalue weighted by atomic mass is 35.5. The summed E-state index contributed by atoms with van der Waals surface area (Å²) in [5.74, 6) is -0.285. The summed E-state index contributed by atoms with van der Waals surface area (Å²) in [6.45, 7) is 5.56. The van der Waals surface area contributed by atoms with Gasteiger partial charge in [0.1, 0.15) is 12.2 Å². The van der Waals surface area contributed by atoms with E-state index in [0.717, 1.165) is 37.6 Å². The maximum atomic E-state index is 13.0. The van der Waals surface area contributed by atoms with E-state index >= 15 is 0 Å². The van der Waals surface area contributed by atoms with E-state index < -0.39 is 12.0 Å². The zero-order chi connectivity index (χ0) is 25.7. The minimum Gasteiger partial charge on any atom is -0.474 e. The van der Waals surface area contributed by atoms with E-state index in [-0.39, 0.29) is 29.7 Å². The average Bonchev–Trinajstić information content (AvgIpc) is 2.86. The Morgan fingerprint density at radius 3 is 2.42 bits per heavy atom. The van der Waals surface area contributed by atoms with Gasteiger partial charge >= 0.3 is 0 Å². The molecular formula is C25H28Cl2N6O3. The molecule has 4 rings (SSSR count). The molecule has 0 radical (unpaired) electrons. The molecule has 1 fully saturated rings. The Labute approximate surface area is 220 Å². The van der Waals surface area contributed by atoms with E-state index in [0.29, 0.717) is 10.0 Å². The number of hydrogen-bond acceptors (Lipinski definition) is 8. The summed E-state index contributed by atoms with van der Waals surface area (Å²) in [5.41, 5.74) is 2.28. The first-order valence-corrected chi connectivity index (χ1v) is 12.3. The number of amides is 1. The van der Waals surface area contributed by atoms with E-state index in [1.165, 1.54) is 6.20 Å². The Morgan fingerprint density at radius 2 is 1.78 bits per heavy atom. The molecule has 1 unspecified atom stereocenters. The molecule has 1 amide bonds. The van der Waals surface area contributed by atoms with Crippen molar-refractivity contribution >= 4 is 52.1 Å². The molecule has 190 valence electrons. The molecule has 2 aromatic carbocycles. The molecule has 2 heterocycles. The van der Waals surface area contributed by atoms with Crippen LogP contribution >= 0.6 is 23.2 Å². The largest absolute Gasteiger partial charge is 0.474 e. The molecule has 3 aromatic rings. The molecule has 3 N–H and O–H groups in total. The molecule has 1 aliphatic rings. The van der Waals surface area contributed by atoms with Gasteiger partial charge in [-0.15, -0.1) is 0 Å². The van der Waals surface area contributed by atoms with Crippen LogP contribution in [0.25, 0.3) is 0 Å². The van der Waals surface area contributed by atoms with Crippen molar-refractivity contribution in [3.05, 3.63) is 64.3 Å². The highest BCUT2D eigenvalue weighted by Gasteiger charge is 2.20. The number of para-hydroxylation sites is 1. The van der Waals surface area contributed by atoms with Crippen LogP contribution in [-0.2, 0) is 0 Å².